The number of hydrogen-bond donors (Lipinski definition) is 1. The minimum Gasteiger partial charge on any atom is -0.493 e. The minimum absolute atomic E-state index is 0.240. The SMILES string of the molecule is CNC1CCCN(C(=O)Cc2ccc3c(c2)CCO3)C1. The van der Waals surface area contributed by atoms with Gasteiger partial charge >= 0.3 is 0 Å². The summed E-state index contributed by atoms with van der Waals surface area (Å²) in [5, 5.41) is 3.28. The number of carbonyl (C=O) groups is 1. The maximum absolute atomic E-state index is 12.4. The zero-order valence-corrected chi connectivity index (χ0v) is 12.0. The van der Waals surface area contributed by atoms with Crippen LogP contribution in [0.1, 0.15) is 24.0 Å². The summed E-state index contributed by atoms with van der Waals surface area (Å²) >= 11 is 0. The summed E-state index contributed by atoms with van der Waals surface area (Å²) in [6.07, 6.45) is 3.72. The van der Waals surface area contributed by atoms with Crippen LogP contribution >= 0.6 is 0 Å². The van der Waals surface area contributed by atoms with Gasteiger partial charge in [0.1, 0.15) is 5.75 Å². The van der Waals surface area contributed by atoms with E-state index in [0.29, 0.717) is 12.5 Å². The number of likely N-dealkylation sites (N-methyl/N-ethyl adjacent to an activating group) is 1. The Balaban J connectivity index is 1.63. The van der Waals surface area contributed by atoms with Crippen molar-refractivity contribution in [2.24, 2.45) is 0 Å². The number of likely N-dealkylation sites (tertiary alicyclic amines) is 1. The number of fused-ring (bicyclic) bond motifs is 1. The van der Waals surface area contributed by atoms with Gasteiger partial charge in [-0.3, -0.25) is 4.79 Å². The molecule has 1 saturated heterocycles. The number of ether oxygens (including phenoxy) is 1. The first-order valence-corrected chi connectivity index (χ1v) is 7.46. The number of benzene rings is 1. The Hall–Kier alpha value is -1.55. The molecule has 1 fully saturated rings. The third-order valence-electron chi connectivity index (χ3n) is 4.29. The van der Waals surface area contributed by atoms with Crippen LogP contribution in [0.3, 0.4) is 0 Å². The van der Waals surface area contributed by atoms with Crippen LogP contribution < -0.4 is 10.1 Å². The fraction of sp³-hybridized carbons (Fsp3) is 0.562. The monoisotopic (exact) mass is 274 g/mol. The third-order valence-corrected chi connectivity index (χ3v) is 4.29. The fourth-order valence-corrected chi connectivity index (χ4v) is 3.08. The first-order chi connectivity index (χ1) is 9.76. The van der Waals surface area contributed by atoms with Crippen molar-refractivity contribution in [3.63, 3.8) is 0 Å². The molecule has 0 aliphatic carbocycles. The maximum atomic E-state index is 12.4. The number of rotatable bonds is 3. The molecular formula is C16H22N2O2. The largest absolute Gasteiger partial charge is 0.493 e. The molecular weight excluding hydrogens is 252 g/mol. The molecule has 3 rings (SSSR count). The summed E-state index contributed by atoms with van der Waals surface area (Å²) in [5.74, 6) is 1.22. The molecule has 1 amide bonds. The topological polar surface area (TPSA) is 41.6 Å². The van der Waals surface area contributed by atoms with E-state index in [1.54, 1.807) is 0 Å². The van der Waals surface area contributed by atoms with E-state index in [9.17, 15) is 4.79 Å². The fourth-order valence-electron chi connectivity index (χ4n) is 3.08. The van der Waals surface area contributed by atoms with Crippen LogP contribution in [-0.4, -0.2) is 43.6 Å². The molecule has 1 atom stereocenters. The van der Waals surface area contributed by atoms with Crippen LogP contribution in [0.5, 0.6) is 5.75 Å². The van der Waals surface area contributed by atoms with E-state index in [1.165, 1.54) is 5.56 Å². The summed E-state index contributed by atoms with van der Waals surface area (Å²) in [6, 6.07) is 6.58. The molecule has 0 bridgehead atoms. The maximum Gasteiger partial charge on any atom is 0.227 e. The smallest absolute Gasteiger partial charge is 0.227 e. The molecule has 0 radical (unpaired) electrons. The lowest BCUT2D eigenvalue weighted by Gasteiger charge is -2.32. The predicted octanol–water partition coefficient (Wildman–Crippen LogP) is 1.37. The lowest BCUT2D eigenvalue weighted by molar-refractivity contribution is -0.131. The van der Waals surface area contributed by atoms with Crippen LogP contribution in [0, 0.1) is 0 Å². The highest BCUT2D eigenvalue weighted by Crippen LogP contribution is 2.26. The van der Waals surface area contributed by atoms with Crippen LogP contribution in [0.4, 0.5) is 0 Å². The second-order valence-corrected chi connectivity index (χ2v) is 5.68. The molecule has 1 aromatic carbocycles. The molecule has 0 aromatic heterocycles. The highest BCUT2D eigenvalue weighted by molar-refractivity contribution is 5.79. The van der Waals surface area contributed by atoms with Crippen molar-refractivity contribution in [2.45, 2.75) is 31.7 Å². The molecule has 2 heterocycles. The molecule has 20 heavy (non-hydrogen) atoms. The van der Waals surface area contributed by atoms with Gasteiger partial charge in [-0.25, -0.2) is 0 Å². The highest BCUT2D eigenvalue weighted by Gasteiger charge is 2.23. The van der Waals surface area contributed by atoms with Gasteiger partial charge in [-0.05, 0) is 37.1 Å². The number of nitrogens with zero attached hydrogens (tertiary/aromatic N) is 1. The van der Waals surface area contributed by atoms with Gasteiger partial charge in [-0.1, -0.05) is 12.1 Å². The van der Waals surface area contributed by atoms with Crippen LogP contribution in [0.2, 0.25) is 0 Å². The predicted molar refractivity (Wildman–Crippen MR) is 78.0 cm³/mol. The van der Waals surface area contributed by atoms with E-state index in [1.807, 2.05) is 24.1 Å². The Morgan fingerprint density at radius 2 is 2.40 bits per heavy atom. The molecule has 2 aliphatic rings. The van der Waals surface area contributed by atoms with Gasteiger partial charge in [-0.2, -0.15) is 0 Å². The molecule has 1 aromatic rings. The summed E-state index contributed by atoms with van der Waals surface area (Å²) in [6.45, 7) is 2.50. The van der Waals surface area contributed by atoms with Gasteiger partial charge in [-0.15, -0.1) is 0 Å². The average molecular weight is 274 g/mol. The number of amides is 1. The van der Waals surface area contributed by atoms with E-state index in [4.69, 9.17) is 4.74 Å². The lowest BCUT2D eigenvalue weighted by Crippen LogP contribution is -2.47. The standard InChI is InChI=1S/C16H22N2O2/c1-17-14-3-2-7-18(11-14)16(19)10-12-4-5-15-13(9-12)6-8-20-15/h4-5,9,14,17H,2-3,6-8,10-11H2,1H3. The van der Waals surface area contributed by atoms with Crippen molar-refractivity contribution in [3.8, 4) is 5.75 Å². The zero-order chi connectivity index (χ0) is 13.9. The molecule has 108 valence electrons. The van der Waals surface area contributed by atoms with Crippen molar-refractivity contribution in [1.29, 1.82) is 0 Å². The van der Waals surface area contributed by atoms with Crippen LogP contribution in [-0.2, 0) is 17.6 Å². The van der Waals surface area contributed by atoms with Crippen LogP contribution in [0.15, 0.2) is 18.2 Å². The lowest BCUT2D eigenvalue weighted by atomic mass is 10.0. The van der Waals surface area contributed by atoms with Gasteiger partial charge in [0, 0.05) is 25.6 Å². The quantitative estimate of drug-likeness (QED) is 0.905. The molecule has 0 saturated carbocycles. The second kappa shape index (κ2) is 5.83. The average Bonchev–Trinajstić information content (AvgIpc) is 2.95. The number of nitrogens with one attached hydrogen (secondary N) is 1. The van der Waals surface area contributed by atoms with E-state index in [0.717, 1.165) is 50.3 Å². The molecule has 1 unspecified atom stereocenters. The van der Waals surface area contributed by atoms with E-state index >= 15 is 0 Å². The van der Waals surface area contributed by atoms with Gasteiger partial charge in [0.25, 0.3) is 0 Å². The van der Waals surface area contributed by atoms with Crippen molar-refractivity contribution in [3.05, 3.63) is 29.3 Å². The first-order valence-electron chi connectivity index (χ1n) is 7.46. The first kappa shape index (κ1) is 13.4. The van der Waals surface area contributed by atoms with Crippen LogP contribution in [0.25, 0.3) is 0 Å². The normalized spacial score (nSPS) is 21.4. The third kappa shape index (κ3) is 2.80. The Morgan fingerprint density at radius 1 is 1.50 bits per heavy atom. The van der Waals surface area contributed by atoms with E-state index in [-0.39, 0.29) is 5.91 Å². The number of hydrogen-bond acceptors (Lipinski definition) is 3. The van der Waals surface area contributed by atoms with E-state index in [2.05, 4.69) is 11.4 Å². The summed E-state index contributed by atoms with van der Waals surface area (Å²) in [4.78, 5) is 14.4. The number of piperidine rings is 1. The van der Waals surface area contributed by atoms with Crippen molar-refractivity contribution in [2.75, 3.05) is 26.7 Å². The van der Waals surface area contributed by atoms with Crippen molar-refractivity contribution in [1.82, 2.24) is 10.2 Å². The van der Waals surface area contributed by atoms with Gasteiger partial charge in [0.05, 0.1) is 13.0 Å². The van der Waals surface area contributed by atoms with E-state index < -0.39 is 0 Å². The summed E-state index contributed by atoms with van der Waals surface area (Å²) < 4.78 is 5.50. The highest BCUT2D eigenvalue weighted by atomic mass is 16.5. The van der Waals surface area contributed by atoms with Gasteiger partial charge < -0.3 is 15.0 Å². The molecule has 4 heteroatoms. The Labute approximate surface area is 120 Å². The molecule has 4 nitrogen and oxygen atoms in total. The van der Waals surface area contributed by atoms with Gasteiger partial charge in [0.2, 0.25) is 5.91 Å². The second-order valence-electron chi connectivity index (χ2n) is 5.68. The van der Waals surface area contributed by atoms with Gasteiger partial charge in [0.15, 0.2) is 0 Å². The summed E-state index contributed by atoms with van der Waals surface area (Å²) in [7, 11) is 1.97. The number of carbonyl (C=O) groups excluding carboxylic acids is 1. The summed E-state index contributed by atoms with van der Waals surface area (Å²) in [5.41, 5.74) is 2.34. The Bertz CT molecular complexity index is 501. The molecule has 0 spiro atoms. The Kier molecular flexibility index (Phi) is 3.92. The molecule has 2 aliphatic heterocycles. The Morgan fingerprint density at radius 3 is 3.25 bits per heavy atom. The zero-order valence-electron chi connectivity index (χ0n) is 12.0. The minimum atomic E-state index is 0.240. The van der Waals surface area contributed by atoms with Crippen molar-refractivity contribution < 1.29 is 9.53 Å². The van der Waals surface area contributed by atoms with Crippen molar-refractivity contribution >= 4 is 5.91 Å². The molecule has 1 N–H and O–H groups in total.